The zero-order valence-corrected chi connectivity index (χ0v) is 10.3. The lowest BCUT2D eigenvalue weighted by Crippen LogP contribution is -2.51. The highest BCUT2D eigenvalue weighted by Crippen LogP contribution is 2.25. The first-order chi connectivity index (χ1) is 8.17. The monoisotopic (exact) mass is 241 g/mol. The molecule has 0 aromatic carbocycles. The molecule has 2 unspecified atom stereocenters. The average Bonchev–Trinajstić information content (AvgIpc) is 3.00. The van der Waals surface area contributed by atoms with E-state index in [1.165, 1.54) is 12.8 Å². The molecule has 2 aliphatic rings. The molecule has 5 nitrogen and oxygen atoms in total. The predicted molar refractivity (Wildman–Crippen MR) is 65.4 cm³/mol. The number of carbonyl (C=O) groups excluding carboxylic acids is 1. The molecule has 4 N–H and O–H groups in total. The van der Waals surface area contributed by atoms with Crippen molar-refractivity contribution in [3.63, 3.8) is 0 Å². The van der Waals surface area contributed by atoms with Crippen LogP contribution in [0.1, 0.15) is 25.7 Å². The van der Waals surface area contributed by atoms with Gasteiger partial charge in [-0.15, -0.1) is 0 Å². The SMILES string of the molecule is NC(=O)CN1CC(CCO)CC(NC2CC2)C1. The minimum atomic E-state index is -0.264. The van der Waals surface area contributed by atoms with Gasteiger partial charge in [-0.25, -0.2) is 0 Å². The molecule has 1 heterocycles. The van der Waals surface area contributed by atoms with Crippen LogP contribution in [0.2, 0.25) is 0 Å². The number of hydrogen-bond acceptors (Lipinski definition) is 4. The number of carbonyl (C=O) groups is 1. The summed E-state index contributed by atoms with van der Waals surface area (Å²) in [6, 6.07) is 1.13. The van der Waals surface area contributed by atoms with Gasteiger partial charge in [0.2, 0.25) is 5.91 Å². The lowest BCUT2D eigenvalue weighted by atomic mass is 9.91. The van der Waals surface area contributed by atoms with E-state index in [1.807, 2.05) is 0 Å². The van der Waals surface area contributed by atoms with Crippen molar-refractivity contribution in [3.8, 4) is 0 Å². The van der Waals surface area contributed by atoms with Gasteiger partial charge in [0.15, 0.2) is 0 Å². The van der Waals surface area contributed by atoms with Crippen LogP contribution in [0.4, 0.5) is 0 Å². The molecular weight excluding hydrogens is 218 g/mol. The molecule has 0 aromatic rings. The van der Waals surface area contributed by atoms with Gasteiger partial charge in [0.1, 0.15) is 0 Å². The molecule has 2 fully saturated rings. The second-order valence-electron chi connectivity index (χ2n) is 5.41. The maximum Gasteiger partial charge on any atom is 0.231 e. The fourth-order valence-corrected chi connectivity index (χ4v) is 2.75. The summed E-state index contributed by atoms with van der Waals surface area (Å²) >= 11 is 0. The van der Waals surface area contributed by atoms with E-state index >= 15 is 0 Å². The molecule has 98 valence electrons. The maximum absolute atomic E-state index is 11.0. The number of likely N-dealkylation sites (tertiary alicyclic amines) is 1. The van der Waals surface area contributed by atoms with Crippen molar-refractivity contribution in [1.82, 2.24) is 10.2 Å². The highest BCUT2D eigenvalue weighted by atomic mass is 16.3. The smallest absolute Gasteiger partial charge is 0.231 e. The Bertz CT molecular complexity index is 268. The largest absolute Gasteiger partial charge is 0.396 e. The molecule has 0 aromatic heterocycles. The molecule has 1 saturated carbocycles. The summed E-state index contributed by atoms with van der Waals surface area (Å²) in [5.74, 6) is 0.212. The fraction of sp³-hybridized carbons (Fsp3) is 0.917. The Morgan fingerprint density at radius 2 is 2.12 bits per heavy atom. The molecule has 17 heavy (non-hydrogen) atoms. The lowest BCUT2D eigenvalue weighted by Gasteiger charge is -2.37. The average molecular weight is 241 g/mol. The summed E-state index contributed by atoms with van der Waals surface area (Å²) in [4.78, 5) is 13.1. The van der Waals surface area contributed by atoms with Crippen molar-refractivity contribution < 1.29 is 9.90 Å². The molecule has 2 atom stereocenters. The van der Waals surface area contributed by atoms with E-state index in [0.717, 1.165) is 25.9 Å². The Hall–Kier alpha value is -0.650. The number of nitrogens with two attached hydrogens (primary N) is 1. The van der Waals surface area contributed by atoms with Crippen LogP contribution in [0.15, 0.2) is 0 Å². The van der Waals surface area contributed by atoms with Crippen molar-refractivity contribution in [3.05, 3.63) is 0 Å². The minimum absolute atomic E-state index is 0.227. The Morgan fingerprint density at radius 3 is 2.71 bits per heavy atom. The topological polar surface area (TPSA) is 78.6 Å². The number of nitrogens with one attached hydrogen (secondary N) is 1. The van der Waals surface area contributed by atoms with Gasteiger partial charge in [-0.05, 0) is 31.6 Å². The molecule has 1 amide bonds. The zero-order chi connectivity index (χ0) is 12.3. The van der Waals surface area contributed by atoms with Crippen LogP contribution in [0, 0.1) is 5.92 Å². The third-order valence-electron chi connectivity index (χ3n) is 3.58. The van der Waals surface area contributed by atoms with Gasteiger partial charge in [-0.1, -0.05) is 0 Å². The summed E-state index contributed by atoms with van der Waals surface area (Å²) in [6.07, 6.45) is 4.47. The van der Waals surface area contributed by atoms with Crippen molar-refractivity contribution >= 4 is 5.91 Å². The normalized spacial score (nSPS) is 30.4. The first kappa shape index (κ1) is 12.8. The van der Waals surface area contributed by atoms with E-state index in [9.17, 15) is 4.79 Å². The van der Waals surface area contributed by atoms with Gasteiger partial charge in [0.25, 0.3) is 0 Å². The van der Waals surface area contributed by atoms with Crippen LogP contribution in [-0.4, -0.2) is 54.2 Å². The van der Waals surface area contributed by atoms with Crippen molar-refractivity contribution in [2.24, 2.45) is 11.7 Å². The van der Waals surface area contributed by atoms with Crippen molar-refractivity contribution in [1.29, 1.82) is 0 Å². The van der Waals surface area contributed by atoms with Crippen LogP contribution in [0.25, 0.3) is 0 Å². The van der Waals surface area contributed by atoms with E-state index in [1.54, 1.807) is 0 Å². The number of aliphatic hydroxyl groups excluding tert-OH is 1. The molecule has 0 radical (unpaired) electrons. The Labute approximate surface area is 102 Å². The van der Waals surface area contributed by atoms with Crippen molar-refractivity contribution in [2.75, 3.05) is 26.2 Å². The Morgan fingerprint density at radius 1 is 1.35 bits per heavy atom. The predicted octanol–water partition coefficient (Wildman–Crippen LogP) is -0.703. The minimum Gasteiger partial charge on any atom is -0.396 e. The molecule has 5 heteroatoms. The van der Waals surface area contributed by atoms with Gasteiger partial charge >= 0.3 is 0 Å². The van der Waals surface area contributed by atoms with Gasteiger partial charge in [-0.2, -0.15) is 0 Å². The summed E-state index contributed by atoms with van der Waals surface area (Å²) in [5, 5.41) is 12.6. The lowest BCUT2D eigenvalue weighted by molar-refractivity contribution is -0.119. The van der Waals surface area contributed by atoms with Gasteiger partial charge in [-0.3, -0.25) is 9.69 Å². The molecule has 1 aliphatic carbocycles. The number of rotatable bonds is 6. The van der Waals surface area contributed by atoms with E-state index in [2.05, 4.69) is 10.2 Å². The molecule has 1 saturated heterocycles. The van der Waals surface area contributed by atoms with Gasteiger partial charge < -0.3 is 16.2 Å². The van der Waals surface area contributed by atoms with E-state index < -0.39 is 0 Å². The third kappa shape index (κ3) is 4.26. The molecule has 1 aliphatic heterocycles. The summed E-state index contributed by atoms with van der Waals surface area (Å²) in [5.41, 5.74) is 5.25. The molecule has 2 rings (SSSR count). The van der Waals surface area contributed by atoms with Crippen LogP contribution in [0.5, 0.6) is 0 Å². The fourth-order valence-electron chi connectivity index (χ4n) is 2.75. The van der Waals surface area contributed by atoms with Gasteiger partial charge in [0, 0.05) is 31.8 Å². The highest BCUT2D eigenvalue weighted by Gasteiger charge is 2.31. The van der Waals surface area contributed by atoms with Crippen LogP contribution >= 0.6 is 0 Å². The number of hydrogen-bond donors (Lipinski definition) is 3. The maximum atomic E-state index is 11.0. The highest BCUT2D eigenvalue weighted by molar-refractivity contribution is 5.75. The van der Waals surface area contributed by atoms with E-state index in [4.69, 9.17) is 10.8 Å². The Kier molecular flexibility index (Phi) is 4.36. The first-order valence-electron chi connectivity index (χ1n) is 6.55. The summed E-state index contributed by atoms with van der Waals surface area (Å²) < 4.78 is 0. The molecular formula is C12H23N3O2. The second kappa shape index (κ2) is 5.80. The zero-order valence-electron chi connectivity index (χ0n) is 10.3. The van der Waals surface area contributed by atoms with Crippen molar-refractivity contribution in [2.45, 2.75) is 37.8 Å². The van der Waals surface area contributed by atoms with Gasteiger partial charge in [0.05, 0.1) is 6.54 Å². The second-order valence-corrected chi connectivity index (χ2v) is 5.41. The number of piperidine rings is 1. The standard InChI is InChI=1S/C12H23N3O2/c13-12(17)8-15-6-9(3-4-16)5-11(7-15)14-10-1-2-10/h9-11,14,16H,1-8H2,(H2,13,17). The first-order valence-corrected chi connectivity index (χ1v) is 6.55. The number of aliphatic hydroxyl groups is 1. The molecule has 0 spiro atoms. The summed E-state index contributed by atoms with van der Waals surface area (Å²) in [6.45, 7) is 2.35. The van der Waals surface area contributed by atoms with Crippen LogP contribution in [-0.2, 0) is 4.79 Å². The quantitative estimate of drug-likeness (QED) is 0.574. The molecule has 0 bridgehead atoms. The number of nitrogens with zero attached hydrogens (tertiary/aromatic N) is 1. The van der Waals surface area contributed by atoms with E-state index in [0.29, 0.717) is 24.5 Å². The van der Waals surface area contributed by atoms with Crippen LogP contribution < -0.4 is 11.1 Å². The summed E-state index contributed by atoms with van der Waals surface area (Å²) in [7, 11) is 0. The van der Waals surface area contributed by atoms with E-state index in [-0.39, 0.29) is 12.5 Å². The van der Waals surface area contributed by atoms with Crippen LogP contribution in [0.3, 0.4) is 0 Å². The Balaban J connectivity index is 1.85. The third-order valence-corrected chi connectivity index (χ3v) is 3.58. The number of amides is 1. The number of primary amides is 1.